The fourth-order valence-corrected chi connectivity index (χ4v) is 5.58. The smallest absolute Gasteiger partial charge is 0.407 e. The number of rotatable bonds is 5. The van der Waals surface area contributed by atoms with Crippen LogP contribution in [0.4, 0.5) is 4.79 Å². The van der Waals surface area contributed by atoms with Gasteiger partial charge in [0.2, 0.25) is 0 Å². The maximum absolute atomic E-state index is 11.9. The Morgan fingerprint density at radius 2 is 2.03 bits per heavy atom. The van der Waals surface area contributed by atoms with Gasteiger partial charge >= 0.3 is 6.09 Å². The molecular weight excluding hydrogens is 446 g/mol. The quantitative estimate of drug-likeness (QED) is 0.579. The Bertz CT molecular complexity index is 1210. The van der Waals surface area contributed by atoms with E-state index in [4.69, 9.17) is 20.9 Å². The summed E-state index contributed by atoms with van der Waals surface area (Å²) in [5.74, 6) is 1.29. The molecule has 1 aliphatic heterocycles. The van der Waals surface area contributed by atoms with Gasteiger partial charge in [-0.1, -0.05) is 41.0 Å². The molecule has 2 heterocycles. The van der Waals surface area contributed by atoms with Crippen LogP contribution in [0.3, 0.4) is 0 Å². The number of halogens is 1. The maximum Gasteiger partial charge on any atom is 0.407 e. The summed E-state index contributed by atoms with van der Waals surface area (Å²) in [6, 6.07) is 12.9. The van der Waals surface area contributed by atoms with Crippen LogP contribution in [0.2, 0.25) is 5.02 Å². The number of carbonyl (C=O) groups excluding carboxylic acids is 1. The SMILES string of the molecule is CNC(=O)c1cc(CC2[C@H]3C[C@@H](Oc4ccc(Cl)c5ccccc45)C[C@H]3CN2C(=O)O)on1. The van der Waals surface area contributed by atoms with Crippen molar-refractivity contribution in [3.63, 3.8) is 0 Å². The lowest BCUT2D eigenvalue weighted by Crippen LogP contribution is -2.39. The van der Waals surface area contributed by atoms with E-state index in [0.717, 1.165) is 29.4 Å². The van der Waals surface area contributed by atoms with Crippen molar-refractivity contribution < 1.29 is 24.0 Å². The number of hydrogen-bond acceptors (Lipinski definition) is 5. The van der Waals surface area contributed by atoms with E-state index in [0.29, 0.717) is 23.7 Å². The molecule has 1 aromatic heterocycles. The van der Waals surface area contributed by atoms with E-state index in [-0.39, 0.29) is 35.6 Å². The highest BCUT2D eigenvalue weighted by molar-refractivity contribution is 6.35. The van der Waals surface area contributed by atoms with Crippen LogP contribution in [0.1, 0.15) is 29.1 Å². The predicted molar refractivity (Wildman–Crippen MR) is 122 cm³/mol. The average molecular weight is 470 g/mol. The van der Waals surface area contributed by atoms with Crippen molar-refractivity contribution in [1.82, 2.24) is 15.4 Å². The summed E-state index contributed by atoms with van der Waals surface area (Å²) in [5, 5.41) is 18.7. The van der Waals surface area contributed by atoms with Crippen molar-refractivity contribution >= 4 is 34.4 Å². The molecule has 1 saturated heterocycles. The first kappa shape index (κ1) is 21.6. The molecule has 172 valence electrons. The molecule has 2 fully saturated rings. The van der Waals surface area contributed by atoms with Crippen molar-refractivity contribution in [3.8, 4) is 5.75 Å². The van der Waals surface area contributed by atoms with Crippen molar-refractivity contribution in [2.45, 2.75) is 31.4 Å². The number of benzene rings is 2. The van der Waals surface area contributed by atoms with Gasteiger partial charge in [-0.15, -0.1) is 0 Å². The van der Waals surface area contributed by atoms with Gasteiger partial charge in [0.15, 0.2) is 5.69 Å². The van der Waals surface area contributed by atoms with Crippen molar-refractivity contribution in [2.24, 2.45) is 11.8 Å². The molecule has 33 heavy (non-hydrogen) atoms. The third-order valence-electron chi connectivity index (χ3n) is 6.83. The summed E-state index contributed by atoms with van der Waals surface area (Å²) in [5.41, 5.74) is 0.186. The Hall–Kier alpha value is -3.26. The molecule has 0 radical (unpaired) electrons. The topological polar surface area (TPSA) is 105 Å². The standard InChI is InChI=1S/C24H24ClN3O5/c1-26-23(29)20-10-15(33-27-20)11-21-18-9-14(8-13(18)12-28(21)24(30)31)32-22-7-6-19(25)16-4-2-3-5-17(16)22/h2-7,10,13-14,18,21H,8-9,11-12H2,1H3,(H,26,29)(H,30,31)/t13-,14-,18-,21?/m0/s1. The third kappa shape index (κ3) is 3.99. The number of hydrogen-bond donors (Lipinski definition) is 2. The first-order chi connectivity index (χ1) is 15.9. The zero-order valence-corrected chi connectivity index (χ0v) is 18.8. The largest absolute Gasteiger partial charge is 0.490 e. The zero-order valence-electron chi connectivity index (χ0n) is 18.0. The molecule has 2 aromatic carbocycles. The molecule has 1 unspecified atom stereocenters. The molecule has 4 atom stereocenters. The summed E-state index contributed by atoms with van der Waals surface area (Å²) in [4.78, 5) is 25.2. The van der Waals surface area contributed by atoms with Gasteiger partial charge in [0.1, 0.15) is 11.5 Å². The van der Waals surface area contributed by atoms with Crippen LogP contribution in [0.5, 0.6) is 5.75 Å². The van der Waals surface area contributed by atoms with Gasteiger partial charge in [0.05, 0.1) is 6.10 Å². The zero-order chi connectivity index (χ0) is 23.1. The third-order valence-corrected chi connectivity index (χ3v) is 7.16. The highest BCUT2D eigenvalue weighted by Gasteiger charge is 2.50. The predicted octanol–water partition coefficient (Wildman–Crippen LogP) is 4.22. The number of carboxylic acid groups (broad SMARTS) is 1. The van der Waals surface area contributed by atoms with Crippen LogP contribution in [-0.4, -0.2) is 52.9 Å². The van der Waals surface area contributed by atoms with Crippen LogP contribution < -0.4 is 10.1 Å². The van der Waals surface area contributed by atoms with Crippen molar-refractivity contribution in [1.29, 1.82) is 0 Å². The molecule has 1 saturated carbocycles. The van der Waals surface area contributed by atoms with Crippen LogP contribution >= 0.6 is 11.6 Å². The number of amides is 2. The van der Waals surface area contributed by atoms with Crippen molar-refractivity contribution in [3.05, 3.63) is 58.9 Å². The van der Waals surface area contributed by atoms with E-state index in [1.54, 1.807) is 6.07 Å². The van der Waals surface area contributed by atoms with Gasteiger partial charge in [-0.2, -0.15) is 0 Å². The Kier molecular flexibility index (Phi) is 5.62. The highest BCUT2D eigenvalue weighted by atomic mass is 35.5. The van der Waals surface area contributed by atoms with Crippen LogP contribution in [0, 0.1) is 11.8 Å². The van der Waals surface area contributed by atoms with Crippen molar-refractivity contribution in [2.75, 3.05) is 13.6 Å². The molecule has 5 rings (SSSR count). The molecule has 3 aromatic rings. The highest BCUT2D eigenvalue weighted by Crippen LogP contribution is 2.45. The average Bonchev–Trinajstić information content (AvgIpc) is 3.51. The van der Waals surface area contributed by atoms with Gasteiger partial charge in [-0.05, 0) is 36.8 Å². The van der Waals surface area contributed by atoms with Gasteiger partial charge in [0.25, 0.3) is 5.91 Å². The molecule has 0 bridgehead atoms. The molecule has 0 spiro atoms. The number of nitrogens with zero attached hydrogens (tertiary/aromatic N) is 2. The van der Waals surface area contributed by atoms with Gasteiger partial charge < -0.3 is 24.6 Å². The number of ether oxygens (including phenoxy) is 1. The lowest BCUT2D eigenvalue weighted by molar-refractivity contribution is 0.0954. The normalized spacial score (nSPS) is 24.1. The first-order valence-corrected chi connectivity index (χ1v) is 11.3. The fourth-order valence-electron chi connectivity index (χ4n) is 5.35. The van der Waals surface area contributed by atoms with E-state index in [1.165, 1.54) is 11.9 Å². The second-order valence-electron chi connectivity index (χ2n) is 8.69. The molecule has 1 aliphatic carbocycles. The Labute approximate surface area is 195 Å². The number of fused-ring (bicyclic) bond motifs is 2. The minimum Gasteiger partial charge on any atom is -0.490 e. The lowest BCUT2D eigenvalue weighted by atomic mass is 9.91. The van der Waals surface area contributed by atoms with E-state index >= 15 is 0 Å². The summed E-state index contributed by atoms with van der Waals surface area (Å²) in [6.45, 7) is 0.461. The fraction of sp³-hybridized carbons (Fsp3) is 0.375. The lowest BCUT2D eigenvalue weighted by Gasteiger charge is -2.26. The van der Waals surface area contributed by atoms with E-state index in [9.17, 15) is 14.7 Å². The van der Waals surface area contributed by atoms with E-state index < -0.39 is 6.09 Å². The van der Waals surface area contributed by atoms with Gasteiger partial charge in [0, 0.05) is 47.9 Å². The monoisotopic (exact) mass is 469 g/mol. The number of likely N-dealkylation sites (tertiary alicyclic amines) is 1. The minimum atomic E-state index is -0.943. The molecule has 2 amide bonds. The number of nitrogens with one attached hydrogen (secondary N) is 1. The van der Waals surface area contributed by atoms with E-state index in [2.05, 4.69) is 10.5 Å². The molecule has 8 nitrogen and oxygen atoms in total. The molecule has 9 heteroatoms. The summed E-state index contributed by atoms with van der Waals surface area (Å²) in [6.07, 6.45) is 0.934. The van der Waals surface area contributed by atoms with Crippen LogP contribution in [0.25, 0.3) is 10.8 Å². The minimum absolute atomic E-state index is 0.0146. The second-order valence-corrected chi connectivity index (χ2v) is 9.10. The summed E-state index contributed by atoms with van der Waals surface area (Å²) < 4.78 is 11.7. The molecule has 2 N–H and O–H groups in total. The summed E-state index contributed by atoms with van der Waals surface area (Å²) in [7, 11) is 1.52. The van der Waals surface area contributed by atoms with E-state index in [1.807, 2.05) is 36.4 Å². The van der Waals surface area contributed by atoms with Crippen LogP contribution in [0.15, 0.2) is 47.0 Å². The Morgan fingerprint density at radius 3 is 2.79 bits per heavy atom. The second kappa shape index (κ2) is 8.59. The van der Waals surface area contributed by atoms with Gasteiger partial charge in [-0.3, -0.25) is 4.79 Å². The first-order valence-electron chi connectivity index (χ1n) is 11.0. The molecular formula is C24H24ClN3O5. The van der Waals surface area contributed by atoms with Gasteiger partial charge in [-0.25, -0.2) is 4.79 Å². The maximum atomic E-state index is 11.9. The molecule has 2 aliphatic rings. The number of aromatic nitrogens is 1. The summed E-state index contributed by atoms with van der Waals surface area (Å²) >= 11 is 6.34. The Balaban J connectivity index is 1.34. The number of carbonyl (C=O) groups is 2. The Morgan fingerprint density at radius 1 is 1.24 bits per heavy atom. The van der Waals surface area contributed by atoms with Crippen LogP contribution in [-0.2, 0) is 6.42 Å².